The Bertz CT molecular complexity index is 1300. The van der Waals surface area contributed by atoms with E-state index in [1.807, 2.05) is 75.4 Å². The third-order valence-electron chi connectivity index (χ3n) is 5.71. The highest BCUT2D eigenvalue weighted by Gasteiger charge is 2.29. The molecule has 0 atom stereocenters. The highest BCUT2D eigenvalue weighted by molar-refractivity contribution is 7.97. The molecule has 0 unspecified atom stereocenters. The average molecular weight is 514 g/mol. The summed E-state index contributed by atoms with van der Waals surface area (Å²) >= 11 is 0. The Morgan fingerprint density at radius 1 is 0.676 bits per heavy atom. The van der Waals surface area contributed by atoms with Gasteiger partial charge in [0.2, 0.25) is 0 Å². The summed E-state index contributed by atoms with van der Waals surface area (Å²) < 4.78 is 16.1. The summed E-state index contributed by atoms with van der Waals surface area (Å²) in [6.07, 6.45) is -0.114. The molecule has 0 spiro atoms. The van der Waals surface area contributed by atoms with Gasteiger partial charge in [-0.05, 0) is 80.9 Å². The van der Waals surface area contributed by atoms with Gasteiger partial charge in [-0.3, -0.25) is 0 Å². The van der Waals surface area contributed by atoms with Crippen LogP contribution in [0, 0.1) is 0 Å². The van der Waals surface area contributed by atoms with Gasteiger partial charge in [0.15, 0.2) is 14.7 Å². The maximum absolute atomic E-state index is 13.0. The molecular weight excluding hydrogens is 484 g/mol. The van der Waals surface area contributed by atoms with Crippen molar-refractivity contribution < 1.29 is 23.8 Å². The van der Waals surface area contributed by atoms with Gasteiger partial charge in [-0.15, -0.1) is 0 Å². The maximum atomic E-state index is 13.0. The van der Waals surface area contributed by atoms with Gasteiger partial charge >= 0.3 is 12.1 Å². The van der Waals surface area contributed by atoms with Crippen molar-refractivity contribution in [2.45, 2.75) is 47.5 Å². The minimum absolute atomic E-state index is 0.300. The monoisotopic (exact) mass is 513 g/mol. The lowest BCUT2D eigenvalue weighted by Crippen LogP contribution is -2.28. The Morgan fingerprint density at radius 2 is 1.19 bits per heavy atom. The van der Waals surface area contributed by atoms with E-state index in [4.69, 9.17) is 14.2 Å². The SMILES string of the molecule is CCC(C)(C)OC(=O)Oc1ccc(OC(=O)c2cccc([S+](c3ccccc3)c3ccccc3)c2)cc1. The zero-order valence-corrected chi connectivity index (χ0v) is 21.9. The predicted molar refractivity (Wildman–Crippen MR) is 144 cm³/mol. The number of rotatable bonds is 8. The minimum Gasteiger partial charge on any atom is -0.428 e. The van der Waals surface area contributed by atoms with Crippen molar-refractivity contribution in [3.05, 3.63) is 115 Å². The van der Waals surface area contributed by atoms with Crippen molar-refractivity contribution in [3.8, 4) is 11.5 Å². The Morgan fingerprint density at radius 3 is 1.73 bits per heavy atom. The molecule has 0 heterocycles. The lowest BCUT2D eigenvalue weighted by atomic mass is 10.1. The Hall–Kier alpha value is -4.03. The van der Waals surface area contributed by atoms with E-state index in [2.05, 4.69) is 24.3 Å². The van der Waals surface area contributed by atoms with Crippen LogP contribution in [0.15, 0.2) is 124 Å². The van der Waals surface area contributed by atoms with Crippen LogP contribution in [-0.4, -0.2) is 17.7 Å². The maximum Gasteiger partial charge on any atom is 0.514 e. The van der Waals surface area contributed by atoms with E-state index in [0.29, 0.717) is 23.5 Å². The van der Waals surface area contributed by atoms with Gasteiger partial charge in [0, 0.05) is 6.07 Å². The van der Waals surface area contributed by atoms with Crippen LogP contribution in [0.3, 0.4) is 0 Å². The van der Waals surface area contributed by atoms with Crippen molar-refractivity contribution >= 4 is 23.0 Å². The van der Waals surface area contributed by atoms with Crippen molar-refractivity contribution in [1.82, 2.24) is 0 Å². The fraction of sp³-hybridized carbons (Fsp3) is 0.161. The molecule has 5 nitrogen and oxygen atoms in total. The number of ether oxygens (including phenoxy) is 3. The van der Waals surface area contributed by atoms with Crippen molar-refractivity contribution in [2.24, 2.45) is 0 Å². The summed E-state index contributed by atoms with van der Waals surface area (Å²) in [5, 5.41) is 0. The second kappa shape index (κ2) is 11.8. The number of hydrogen-bond acceptors (Lipinski definition) is 5. The summed E-state index contributed by atoms with van der Waals surface area (Å²) in [7, 11) is -0.373. The molecular formula is C31H29O5S+. The fourth-order valence-corrected chi connectivity index (χ4v) is 5.56. The smallest absolute Gasteiger partial charge is 0.428 e. The minimum atomic E-state index is -0.777. The quantitative estimate of drug-likeness (QED) is 0.105. The Labute approximate surface area is 220 Å². The first-order valence-electron chi connectivity index (χ1n) is 12.0. The van der Waals surface area contributed by atoms with Crippen molar-refractivity contribution in [1.29, 1.82) is 0 Å². The lowest BCUT2D eigenvalue weighted by Gasteiger charge is -2.22. The van der Waals surface area contributed by atoms with E-state index in [-0.39, 0.29) is 10.9 Å². The third-order valence-corrected chi connectivity index (χ3v) is 7.92. The molecule has 0 aliphatic heterocycles. The van der Waals surface area contributed by atoms with Gasteiger partial charge in [-0.25, -0.2) is 9.59 Å². The standard InChI is InChI=1S/C31H29O5S/c1-4-31(2,3)36-30(33)35-25-20-18-24(19-21-25)34-29(32)23-12-11-17-28(22-23)37(26-13-7-5-8-14-26)27-15-9-6-10-16-27/h5-22H,4H2,1-3H3/q+1. The zero-order chi connectivity index (χ0) is 26.3. The predicted octanol–water partition coefficient (Wildman–Crippen LogP) is 7.71. The molecule has 0 aliphatic carbocycles. The van der Waals surface area contributed by atoms with Gasteiger partial charge in [0.1, 0.15) is 17.1 Å². The first kappa shape index (κ1) is 26.0. The molecule has 0 N–H and O–H groups in total. The second-order valence-electron chi connectivity index (χ2n) is 8.89. The van der Waals surface area contributed by atoms with Crippen molar-refractivity contribution in [2.75, 3.05) is 0 Å². The van der Waals surface area contributed by atoms with E-state index < -0.39 is 17.7 Å². The van der Waals surface area contributed by atoms with Crippen LogP contribution in [0.1, 0.15) is 37.6 Å². The molecule has 6 heteroatoms. The number of carbonyl (C=O) groups is 2. The highest BCUT2D eigenvalue weighted by Crippen LogP contribution is 2.31. The van der Waals surface area contributed by atoms with E-state index >= 15 is 0 Å². The summed E-state index contributed by atoms with van der Waals surface area (Å²) in [5.41, 5.74) is -0.158. The van der Waals surface area contributed by atoms with E-state index in [1.54, 1.807) is 30.3 Å². The van der Waals surface area contributed by atoms with Crippen molar-refractivity contribution in [3.63, 3.8) is 0 Å². The molecule has 0 saturated carbocycles. The number of benzene rings is 4. The summed E-state index contributed by atoms with van der Waals surface area (Å²) in [6, 6.07) is 34.3. The van der Waals surface area contributed by atoms with Crippen LogP contribution in [-0.2, 0) is 15.6 Å². The second-order valence-corrected chi connectivity index (χ2v) is 10.9. The van der Waals surface area contributed by atoms with Gasteiger partial charge < -0.3 is 14.2 Å². The van der Waals surface area contributed by atoms with Gasteiger partial charge in [-0.1, -0.05) is 49.4 Å². The Kier molecular flexibility index (Phi) is 8.31. The van der Waals surface area contributed by atoms with Gasteiger partial charge in [0.25, 0.3) is 0 Å². The first-order valence-corrected chi connectivity index (χ1v) is 13.2. The molecule has 4 rings (SSSR count). The van der Waals surface area contributed by atoms with Crippen LogP contribution in [0.5, 0.6) is 11.5 Å². The van der Waals surface area contributed by atoms with Crippen LogP contribution < -0.4 is 9.47 Å². The van der Waals surface area contributed by atoms with E-state index in [1.165, 1.54) is 0 Å². The Balaban J connectivity index is 1.49. The molecule has 0 aromatic heterocycles. The molecule has 0 amide bonds. The molecule has 37 heavy (non-hydrogen) atoms. The van der Waals surface area contributed by atoms with Crippen LogP contribution in [0.4, 0.5) is 4.79 Å². The highest BCUT2D eigenvalue weighted by atomic mass is 32.2. The zero-order valence-electron chi connectivity index (χ0n) is 21.0. The third kappa shape index (κ3) is 7.02. The lowest BCUT2D eigenvalue weighted by molar-refractivity contribution is 0.00702. The molecule has 0 aliphatic rings. The average Bonchev–Trinajstić information content (AvgIpc) is 2.91. The molecule has 4 aromatic rings. The fourth-order valence-electron chi connectivity index (χ4n) is 3.43. The van der Waals surface area contributed by atoms with Crippen LogP contribution in [0.2, 0.25) is 0 Å². The summed E-state index contributed by atoms with van der Waals surface area (Å²) in [5.74, 6) is 0.174. The number of esters is 1. The van der Waals surface area contributed by atoms with Crippen LogP contribution >= 0.6 is 0 Å². The largest absolute Gasteiger partial charge is 0.514 e. The molecule has 188 valence electrons. The molecule has 0 fully saturated rings. The summed E-state index contributed by atoms with van der Waals surface area (Å²) in [6.45, 7) is 5.55. The normalized spacial score (nSPS) is 11.1. The molecule has 0 radical (unpaired) electrons. The number of carbonyl (C=O) groups excluding carboxylic acids is 2. The summed E-state index contributed by atoms with van der Waals surface area (Å²) in [4.78, 5) is 28.3. The van der Waals surface area contributed by atoms with E-state index in [9.17, 15) is 9.59 Å². The van der Waals surface area contributed by atoms with Crippen LogP contribution in [0.25, 0.3) is 0 Å². The number of hydrogen-bond donors (Lipinski definition) is 0. The molecule has 4 aromatic carbocycles. The first-order chi connectivity index (χ1) is 17.8. The topological polar surface area (TPSA) is 61.8 Å². The molecule has 0 bridgehead atoms. The van der Waals surface area contributed by atoms with Gasteiger partial charge in [0.05, 0.1) is 16.5 Å². The van der Waals surface area contributed by atoms with E-state index in [0.717, 1.165) is 14.7 Å². The molecule has 0 saturated heterocycles. The van der Waals surface area contributed by atoms with Gasteiger partial charge in [-0.2, -0.15) is 0 Å².